The van der Waals surface area contributed by atoms with Gasteiger partial charge in [0.2, 0.25) is 0 Å². The van der Waals surface area contributed by atoms with Crippen molar-refractivity contribution in [2.75, 3.05) is 0 Å². The molecule has 2 aromatic carbocycles. The van der Waals surface area contributed by atoms with E-state index in [1.165, 1.54) is 0 Å². The smallest absolute Gasteiger partial charge is 0.276 e. The Morgan fingerprint density at radius 1 is 0.955 bits per heavy atom. The molecule has 0 radical (unpaired) electrons. The monoisotopic (exact) mass is 292 g/mol. The van der Waals surface area contributed by atoms with Crippen LogP contribution in [-0.2, 0) is 6.54 Å². The van der Waals surface area contributed by atoms with Crippen molar-refractivity contribution in [3.63, 3.8) is 0 Å². The zero-order chi connectivity index (χ0) is 15.1. The van der Waals surface area contributed by atoms with Gasteiger partial charge in [0, 0.05) is 0 Å². The van der Waals surface area contributed by atoms with Crippen molar-refractivity contribution in [1.29, 1.82) is 0 Å². The number of para-hydroxylation sites is 2. The quantitative estimate of drug-likeness (QED) is 0.722. The van der Waals surface area contributed by atoms with Crippen LogP contribution in [0.4, 0.5) is 0 Å². The molecule has 0 spiro atoms. The van der Waals surface area contributed by atoms with Gasteiger partial charge in [0.25, 0.3) is 11.8 Å². The number of imidazole rings is 1. The fraction of sp³-hybridized carbons (Fsp3) is 0.0625. The predicted molar refractivity (Wildman–Crippen MR) is 79.9 cm³/mol. The summed E-state index contributed by atoms with van der Waals surface area (Å²) in [6.45, 7) is 0.264. The Bertz CT molecular complexity index is 832. The normalized spacial score (nSPS) is 13.9. The standard InChI is InChI=1S/C16H12N4O2/c21-15-10-5-1-2-6-11(10)16(22)20(15)17-9-14-18-12-7-3-4-8-13(12)19-14/h1-8,17H,9H2,(H,18,19). The first kappa shape index (κ1) is 12.7. The number of aromatic amines is 1. The molecule has 0 aliphatic carbocycles. The van der Waals surface area contributed by atoms with Crippen LogP contribution >= 0.6 is 0 Å². The van der Waals surface area contributed by atoms with Gasteiger partial charge in [-0.05, 0) is 24.3 Å². The van der Waals surface area contributed by atoms with Crippen molar-refractivity contribution >= 4 is 22.8 Å². The lowest BCUT2D eigenvalue weighted by Crippen LogP contribution is -2.42. The third-order valence-electron chi connectivity index (χ3n) is 3.64. The lowest BCUT2D eigenvalue weighted by Gasteiger charge is -2.13. The summed E-state index contributed by atoms with van der Waals surface area (Å²) >= 11 is 0. The van der Waals surface area contributed by atoms with Crippen molar-refractivity contribution in [2.24, 2.45) is 0 Å². The molecule has 6 nitrogen and oxygen atoms in total. The number of hydrogen-bond acceptors (Lipinski definition) is 4. The highest BCUT2D eigenvalue weighted by Gasteiger charge is 2.35. The first-order chi connectivity index (χ1) is 10.7. The first-order valence-corrected chi connectivity index (χ1v) is 6.89. The molecule has 0 atom stereocenters. The number of carbonyl (C=O) groups excluding carboxylic acids is 2. The van der Waals surface area contributed by atoms with Crippen molar-refractivity contribution in [3.05, 3.63) is 65.5 Å². The maximum absolute atomic E-state index is 12.2. The van der Waals surface area contributed by atoms with Gasteiger partial charge in [-0.2, -0.15) is 0 Å². The minimum atomic E-state index is -0.336. The van der Waals surface area contributed by atoms with Crippen LogP contribution in [0.5, 0.6) is 0 Å². The summed E-state index contributed by atoms with van der Waals surface area (Å²) in [6.07, 6.45) is 0. The van der Waals surface area contributed by atoms with E-state index in [1.54, 1.807) is 24.3 Å². The van der Waals surface area contributed by atoms with Crippen LogP contribution in [0.2, 0.25) is 0 Å². The van der Waals surface area contributed by atoms with Gasteiger partial charge in [0.15, 0.2) is 0 Å². The van der Waals surface area contributed by atoms with E-state index in [0.717, 1.165) is 16.0 Å². The fourth-order valence-electron chi connectivity index (χ4n) is 2.58. The lowest BCUT2D eigenvalue weighted by molar-refractivity contribution is 0.0561. The zero-order valence-electron chi connectivity index (χ0n) is 11.5. The van der Waals surface area contributed by atoms with Gasteiger partial charge in [-0.1, -0.05) is 24.3 Å². The van der Waals surface area contributed by atoms with Gasteiger partial charge in [0.1, 0.15) is 5.82 Å². The van der Waals surface area contributed by atoms with E-state index in [-0.39, 0.29) is 18.4 Å². The van der Waals surface area contributed by atoms with Crippen LogP contribution in [0, 0.1) is 0 Å². The van der Waals surface area contributed by atoms with Gasteiger partial charge in [-0.15, -0.1) is 0 Å². The molecule has 3 aromatic rings. The number of aromatic nitrogens is 2. The molecule has 2 amide bonds. The van der Waals surface area contributed by atoms with Crippen LogP contribution in [0.1, 0.15) is 26.5 Å². The highest BCUT2D eigenvalue weighted by atomic mass is 16.2. The molecule has 0 fully saturated rings. The van der Waals surface area contributed by atoms with E-state index in [2.05, 4.69) is 15.4 Å². The van der Waals surface area contributed by atoms with Gasteiger partial charge in [-0.25, -0.2) is 15.4 Å². The molecule has 2 heterocycles. The maximum Gasteiger partial charge on any atom is 0.276 e. The third-order valence-corrected chi connectivity index (χ3v) is 3.64. The van der Waals surface area contributed by atoms with Gasteiger partial charge < -0.3 is 4.98 Å². The SMILES string of the molecule is O=C1c2ccccc2C(=O)N1NCc1nc2ccccc2[nH]1. The Hall–Kier alpha value is -2.99. The number of carbonyl (C=O) groups is 2. The lowest BCUT2D eigenvalue weighted by atomic mass is 10.1. The highest BCUT2D eigenvalue weighted by Crippen LogP contribution is 2.21. The number of fused-ring (bicyclic) bond motifs is 2. The number of H-pyrrole nitrogens is 1. The molecule has 0 saturated heterocycles. The molecule has 2 N–H and O–H groups in total. The second kappa shape index (κ2) is 4.78. The first-order valence-electron chi connectivity index (χ1n) is 6.89. The van der Waals surface area contributed by atoms with Crippen LogP contribution in [-0.4, -0.2) is 26.8 Å². The van der Waals surface area contributed by atoms with Crippen molar-refractivity contribution in [1.82, 2.24) is 20.4 Å². The number of amides is 2. The van der Waals surface area contributed by atoms with Crippen LogP contribution in [0.3, 0.4) is 0 Å². The van der Waals surface area contributed by atoms with E-state index in [4.69, 9.17) is 0 Å². The molecule has 6 heteroatoms. The summed E-state index contributed by atoms with van der Waals surface area (Å²) in [5.41, 5.74) is 5.45. The number of nitrogens with zero attached hydrogens (tertiary/aromatic N) is 2. The molecule has 1 aromatic heterocycles. The molecule has 22 heavy (non-hydrogen) atoms. The van der Waals surface area contributed by atoms with Crippen molar-refractivity contribution < 1.29 is 9.59 Å². The third kappa shape index (κ3) is 1.89. The number of benzene rings is 2. The summed E-state index contributed by atoms with van der Waals surface area (Å²) in [7, 11) is 0. The second-order valence-electron chi connectivity index (χ2n) is 5.03. The average Bonchev–Trinajstić information content (AvgIpc) is 3.06. The van der Waals surface area contributed by atoms with Crippen molar-refractivity contribution in [2.45, 2.75) is 6.54 Å². The maximum atomic E-state index is 12.2. The molecule has 1 aliphatic rings. The Morgan fingerprint density at radius 2 is 1.59 bits per heavy atom. The Balaban J connectivity index is 1.55. The van der Waals surface area contributed by atoms with Crippen molar-refractivity contribution in [3.8, 4) is 0 Å². The number of nitrogens with one attached hydrogen (secondary N) is 2. The van der Waals surface area contributed by atoms with Crippen LogP contribution < -0.4 is 5.43 Å². The molecule has 108 valence electrons. The average molecular weight is 292 g/mol. The van der Waals surface area contributed by atoms with E-state index in [9.17, 15) is 9.59 Å². The van der Waals surface area contributed by atoms with Gasteiger partial charge in [-0.3, -0.25) is 9.59 Å². The van der Waals surface area contributed by atoms with E-state index < -0.39 is 0 Å². The van der Waals surface area contributed by atoms with E-state index in [1.807, 2.05) is 24.3 Å². The fourth-order valence-corrected chi connectivity index (χ4v) is 2.58. The molecular weight excluding hydrogens is 280 g/mol. The summed E-state index contributed by atoms with van der Waals surface area (Å²) in [5.74, 6) is -0.00817. The molecule has 4 rings (SSSR count). The van der Waals surface area contributed by atoms with E-state index in [0.29, 0.717) is 17.0 Å². The minimum Gasteiger partial charge on any atom is -0.341 e. The summed E-state index contributed by atoms with van der Waals surface area (Å²) in [5, 5.41) is 1.04. The van der Waals surface area contributed by atoms with Crippen LogP contribution in [0.15, 0.2) is 48.5 Å². The number of imide groups is 1. The number of hydrogen-bond donors (Lipinski definition) is 2. The largest absolute Gasteiger partial charge is 0.341 e. The summed E-state index contributed by atoms with van der Waals surface area (Å²) < 4.78 is 0. The number of rotatable bonds is 3. The molecular formula is C16H12N4O2. The predicted octanol–water partition coefficient (Wildman–Crippen LogP) is 1.86. The Morgan fingerprint density at radius 3 is 2.27 bits per heavy atom. The summed E-state index contributed by atoms with van der Waals surface area (Å²) in [6, 6.07) is 14.4. The molecule has 1 aliphatic heterocycles. The molecule has 0 bridgehead atoms. The minimum absolute atomic E-state index is 0.264. The van der Waals surface area contributed by atoms with Gasteiger partial charge >= 0.3 is 0 Å². The topological polar surface area (TPSA) is 78.1 Å². The Labute approximate surface area is 125 Å². The molecule has 0 saturated carbocycles. The Kier molecular flexibility index (Phi) is 2.77. The van der Waals surface area contributed by atoms with Gasteiger partial charge in [0.05, 0.1) is 28.7 Å². The summed E-state index contributed by atoms with van der Waals surface area (Å²) in [4.78, 5) is 32.0. The molecule has 0 unspecified atom stereocenters. The highest BCUT2D eigenvalue weighted by molar-refractivity contribution is 6.20. The van der Waals surface area contributed by atoms with Crippen LogP contribution in [0.25, 0.3) is 11.0 Å². The van der Waals surface area contributed by atoms with E-state index >= 15 is 0 Å². The zero-order valence-corrected chi connectivity index (χ0v) is 11.5. The second-order valence-corrected chi connectivity index (χ2v) is 5.03. The number of hydrazine groups is 1.